The molecule has 1 atom stereocenters. The standard InChI is InChI=1S/C35H49N3O8/c1-4-43-32(39)23-37-33(40)36-22-27-14-11-13-26(20-27)12-7-10-19-42-18-9-6-5-8-17-38-24-31(45-34(38)41)28-15-16-30-29(21-28)25-44-35(2,3)46-30/h11,13-16,20-21,31H,4-10,12,17-19,22-25H2,1-3H3,(H2,36,37,40)/t31-/m0/s1. The number of carbonyl (C=O) groups excluding carboxylic acids is 3. The molecule has 2 aliphatic rings. The van der Waals surface area contributed by atoms with Gasteiger partial charge in [0.05, 0.1) is 19.8 Å². The minimum atomic E-state index is -0.634. The number of aryl methyl sites for hydroxylation is 1. The molecule has 1 saturated heterocycles. The molecular weight excluding hydrogens is 590 g/mol. The van der Waals surface area contributed by atoms with Gasteiger partial charge in [-0.05, 0) is 67.9 Å². The molecule has 11 nitrogen and oxygen atoms in total. The first-order valence-corrected chi connectivity index (χ1v) is 16.5. The van der Waals surface area contributed by atoms with E-state index in [2.05, 4.69) is 22.8 Å². The van der Waals surface area contributed by atoms with Crippen molar-refractivity contribution in [2.75, 3.05) is 39.5 Å². The molecule has 0 unspecified atom stereocenters. The van der Waals surface area contributed by atoms with E-state index in [1.165, 1.54) is 5.56 Å². The van der Waals surface area contributed by atoms with Gasteiger partial charge in [-0.15, -0.1) is 0 Å². The molecule has 2 aromatic carbocycles. The van der Waals surface area contributed by atoms with Gasteiger partial charge in [0, 0.05) is 45.7 Å². The lowest BCUT2D eigenvalue weighted by Gasteiger charge is -2.32. The lowest BCUT2D eigenvalue weighted by molar-refractivity contribution is -0.180. The van der Waals surface area contributed by atoms with Crippen LogP contribution in [0.15, 0.2) is 42.5 Å². The second-order valence-electron chi connectivity index (χ2n) is 12.1. The number of hydrogen-bond acceptors (Lipinski definition) is 8. The summed E-state index contributed by atoms with van der Waals surface area (Å²) in [5.74, 6) is -0.276. The molecule has 4 rings (SSSR count). The lowest BCUT2D eigenvalue weighted by Crippen LogP contribution is -2.38. The summed E-state index contributed by atoms with van der Waals surface area (Å²) in [6, 6.07) is 13.7. The van der Waals surface area contributed by atoms with E-state index in [0.29, 0.717) is 26.2 Å². The number of hydrogen-bond donors (Lipinski definition) is 2. The summed E-state index contributed by atoms with van der Waals surface area (Å²) in [5.41, 5.74) is 4.17. The molecule has 0 aliphatic carbocycles. The smallest absolute Gasteiger partial charge is 0.410 e. The van der Waals surface area contributed by atoms with Crippen LogP contribution in [0.2, 0.25) is 0 Å². The fourth-order valence-corrected chi connectivity index (χ4v) is 5.42. The van der Waals surface area contributed by atoms with Crippen molar-refractivity contribution >= 4 is 18.1 Å². The number of rotatable bonds is 18. The van der Waals surface area contributed by atoms with Crippen molar-refractivity contribution in [3.8, 4) is 5.75 Å². The number of fused-ring (bicyclic) bond motifs is 1. The van der Waals surface area contributed by atoms with Crippen molar-refractivity contribution in [1.82, 2.24) is 15.5 Å². The number of ether oxygens (including phenoxy) is 5. The summed E-state index contributed by atoms with van der Waals surface area (Å²) in [7, 11) is 0. The highest BCUT2D eigenvalue weighted by Gasteiger charge is 2.33. The Morgan fingerprint density at radius 1 is 0.978 bits per heavy atom. The Morgan fingerprint density at radius 3 is 2.59 bits per heavy atom. The number of esters is 1. The molecule has 0 spiro atoms. The van der Waals surface area contributed by atoms with Gasteiger partial charge in [-0.25, -0.2) is 9.59 Å². The molecule has 2 heterocycles. The predicted octanol–water partition coefficient (Wildman–Crippen LogP) is 5.79. The number of carbonyl (C=O) groups is 3. The molecular formula is C35H49N3O8. The third-order valence-corrected chi connectivity index (χ3v) is 7.89. The van der Waals surface area contributed by atoms with Crippen LogP contribution in [-0.4, -0.2) is 68.2 Å². The first kappa shape index (κ1) is 35.0. The van der Waals surface area contributed by atoms with Gasteiger partial charge < -0.3 is 39.2 Å². The molecule has 2 aromatic rings. The van der Waals surface area contributed by atoms with E-state index in [9.17, 15) is 14.4 Å². The highest BCUT2D eigenvalue weighted by Crippen LogP contribution is 2.35. The maximum Gasteiger partial charge on any atom is 0.410 e. The second kappa shape index (κ2) is 17.8. The Kier molecular flexibility index (Phi) is 13.5. The monoisotopic (exact) mass is 639 g/mol. The fraction of sp³-hybridized carbons (Fsp3) is 0.571. The SMILES string of the molecule is CCOC(=O)CNC(=O)NCc1cccc(CCCCOCCCCCCN2C[C@@H](c3ccc4c(c3)COC(C)(C)O4)OC2=O)c1. The van der Waals surface area contributed by atoms with Gasteiger partial charge in [0.1, 0.15) is 18.4 Å². The molecule has 11 heteroatoms. The number of amides is 3. The first-order valence-electron chi connectivity index (χ1n) is 16.5. The number of nitrogens with one attached hydrogen (secondary N) is 2. The average Bonchev–Trinajstić information content (AvgIpc) is 3.41. The first-order chi connectivity index (χ1) is 22.2. The van der Waals surface area contributed by atoms with E-state index in [4.69, 9.17) is 23.7 Å². The van der Waals surface area contributed by atoms with Gasteiger partial charge in [0.25, 0.3) is 0 Å². The van der Waals surface area contributed by atoms with Gasteiger partial charge in [0.2, 0.25) is 5.79 Å². The molecule has 2 N–H and O–H groups in total. The Balaban J connectivity index is 0.999. The summed E-state index contributed by atoms with van der Waals surface area (Å²) in [6.07, 6.45) is 6.48. The van der Waals surface area contributed by atoms with Crippen LogP contribution in [0.3, 0.4) is 0 Å². The van der Waals surface area contributed by atoms with Crippen LogP contribution in [0.4, 0.5) is 9.59 Å². The molecule has 0 bridgehead atoms. The normalized spacial score (nSPS) is 16.7. The van der Waals surface area contributed by atoms with Crippen LogP contribution in [-0.2, 0) is 43.3 Å². The van der Waals surface area contributed by atoms with Crippen LogP contribution in [0.1, 0.15) is 87.7 Å². The van der Waals surface area contributed by atoms with Gasteiger partial charge in [0.15, 0.2) is 0 Å². The molecule has 0 saturated carbocycles. The molecule has 0 aromatic heterocycles. The van der Waals surface area contributed by atoms with E-state index >= 15 is 0 Å². The maximum atomic E-state index is 12.4. The molecule has 2 aliphatic heterocycles. The maximum absolute atomic E-state index is 12.4. The summed E-state index contributed by atoms with van der Waals surface area (Å²) >= 11 is 0. The Bertz CT molecular complexity index is 1300. The van der Waals surface area contributed by atoms with E-state index < -0.39 is 17.8 Å². The molecule has 252 valence electrons. The molecule has 0 radical (unpaired) electrons. The van der Waals surface area contributed by atoms with Crippen LogP contribution in [0.5, 0.6) is 5.75 Å². The zero-order valence-electron chi connectivity index (χ0n) is 27.4. The van der Waals surface area contributed by atoms with Crippen LogP contribution in [0.25, 0.3) is 0 Å². The van der Waals surface area contributed by atoms with Crippen molar-refractivity contribution in [2.24, 2.45) is 0 Å². The number of unbranched alkanes of at least 4 members (excludes halogenated alkanes) is 4. The Labute approximate surface area is 272 Å². The van der Waals surface area contributed by atoms with E-state index in [-0.39, 0.29) is 25.3 Å². The van der Waals surface area contributed by atoms with Crippen molar-refractivity contribution < 1.29 is 38.1 Å². The Hall–Kier alpha value is -3.83. The second-order valence-corrected chi connectivity index (χ2v) is 12.1. The highest BCUT2D eigenvalue weighted by atomic mass is 16.7. The quantitative estimate of drug-likeness (QED) is 0.155. The summed E-state index contributed by atoms with van der Waals surface area (Å²) < 4.78 is 27.9. The zero-order chi connectivity index (χ0) is 32.8. The predicted molar refractivity (Wildman–Crippen MR) is 172 cm³/mol. The van der Waals surface area contributed by atoms with E-state index in [0.717, 1.165) is 80.6 Å². The number of nitrogens with zero attached hydrogens (tertiary/aromatic N) is 1. The highest BCUT2D eigenvalue weighted by molar-refractivity contribution is 5.80. The number of cyclic esters (lactones) is 1. The van der Waals surface area contributed by atoms with Crippen LogP contribution >= 0.6 is 0 Å². The van der Waals surface area contributed by atoms with E-state index in [1.807, 2.05) is 44.2 Å². The Morgan fingerprint density at radius 2 is 1.76 bits per heavy atom. The largest absolute Gasteiger partial charge is 0.465 e. The van der Waals surface area contributed by atoms with Crippen LogP contribution in [0, 0.1) is 0 Å². The minimum absolute atomic E-state index is 0.150. The lowest BCUT2D eigenvalue weighted by atomic mass is 10.0. The van der Waals surface area contributed by atoms with Gasteiger partial charge in [-0.1, -0.05) is 43.2 Å². The van der Waals surface area contributed by atoms with Gasteiger partial charge in [-0.2, -0.15) is 0 Å². The molecule has 3 amide bonds. The summed E-state index contributed by atoms with van der Waals surface area (Å²) in [6.45, 7) is 9.24. The minimum Gasteiger partial charge on any atom is -0.465 e. The van der Waals surface area contributed by atoms with Gasteiger partial charge >= 0.3 is 18.1 Å². The summed E-state index contributed by atoms with van der Waals surface area (Å²) in [5, 5.41) is 5.25. The van der Waals surface area contributed by atoms with Crippen molar-refractivity contribution in [3.05, 3.63) is 64.7 Å². The molecule has 46 heavy (non-hydrogen) atoms. The van der Waals surface area contributed by atoms with Gasteiger partial charge in [-0.3, -0.25) is 4.79 Å². The zero-order valence-corrected chi connectivity index (χ0v) is 27.4. The summed E-state index contributed by atoms with van der Waals surface area (Å²) in [4.78, 5) is 37.5. The van der Waals surface area contributed by atoms with E-state index in [1.54, 1.807) is 11.8 Å². The van der Waals surface area contributed by atoms with Crippen molar-refractivity contribution in [1.29, 1.82) is 0 Å². The fourth-order valence-electron chi connectivity index (χ4n) is 5.42. The van der Waals surface area contributed by atoms with Crippen molar-refractivity contribution in [2.45, 2.75) is 90.8 Å². The number of urea groups is 1. The topological polar surface area (TPSA) is 125 Å². The van der Waals surface area contributed by atoms with Crippen LogP contribution < -0.4 is 15.4 Å². The third-order valence-electron chi connectivity index (χ3n) is 7.89. The third kappa shape index (κ3) is 11.5. The number of benzene rings is 2. The average molecular weight is 640 g/mol. The van der Waals surface area contributed by atoms with Crippen molar-refractivity contribution in [3.63, 3.8) is 0 Å². The molecule has 1 fully saturated rings.